The van der Waals surface area contributed by atoms with Crippen LogP contribution in [0.5, 0.6) is 0 Å². The van der Waals surface area contributed by atoms with E-state index in [0.29, 0.717) is 0 Å². The quantitative estimate of drug-likeness (QED) is 0.560. The molecule has 1 aromatic rings. The van der Waals surface area contributed by atoms with Gasteiger partial charge in [0.1, 0.15) is 18.7 Å². The molecule has 0 radical (unpaired) electrons. The SMILES string of the molecule is N[C@H](Cn1cncn1)C(=O)OC(=O)C(F)(F)F. The summed E-state index contributed by atoms with van der Waals surface area (Å²) in [5, 5.41) is 3.58. The standard InChI is InChI=1S/C7H7F3N4O3/c8-7(9,10)6(16)17-5(15)4(11)1-14-3-12-2-13-14/h2-4H,1,11H2/t4-/m1/s1. The number of ether oxygens (including phenoxy) is 1. The zero-order valence-corrected chi connectivity index (χ0v) is 8.22. The van der Waals surface area contributed by atoms with Gasteiger partial charge in [0, 0.05) is 0 Å². The van der Waals surface area contributed by atoms with E-state index in [1.54, 1.807) is 0 Å². The number of halogens is 3. The highest BCUT2D eigenvalue weighted by Crippen LogP contribution is 2.16. The predicted octanol–water partition coefficient (Wildman–Crippen LogP) is -0.763. The highest BCUT2D eigenvalue weighted by atomic mass is 19.4. The fourth-order valence-corrected chi connectivity index (χ4v) is 0.828. The minimum absolute atomic E-state index is 0.246. The summed E-state index contributed by atoms with van der Waals surface area (Å²) in [4.78, 5) is 24.9. The van der Waals surface area contributed by atoms with Crippen molar-refractivity contribution in [2.45, 2.75) is 18.8 Å². The van der Waals surface area contributed by atoms with Gasteiger partial charge in [-0.2, -0.15) is 18.3 Å². The van der Waals surface area contributed by atoms with Crippen LogP contribution >= 0.6 is 0 Å². The van der Waals surface area contributed by atoms with Crippen LogP contribution in [0.15, 0.2) is 12.7 Å². The van der Waals surface area contributed by atoms with Crippen LogP contribution in [0.2, 0.25) is 0 Å². The number of carbonyl (C=O) groups excluding carboxylic acids is 2. The van der Waals surface area contributed by atoms with Crippen molar-refractivity contribution < 1.29 is 27.5 Å². The van der Waals surface area contributed by atoms with Gasteiger partial charge in [-0.3, -0.25) is 4.68 Å². The Morgan fingerprint density at radius 2 is 2.12 bits per heavy atom. The maximum atomic E-state index is 11.8. The van der Waals surface area contributed by atoms with Crippen molar-refractivity contribution in [1.82, 2.24) is 14.8 Å². The lowest BCUT2D eigenvalue weighted by Crippen LogP contribution is -2.40. The molecule has 0 aromatic carbocycles. The first-order valence-corrected chi connectivity index (χ1v) is 4.21. The van der Waals surface area contributed by atoms with E-state index in [0.717, 1.165) is 11.0 Å². The number of nitrogens with two attached hydrogens (primary N) is 1. The molecule has 2 N–H and O–H groups in total. The van der Waals surface area contributed by atoms with E-state index in [1.807, 2.05) is 0 Å². The second-order valence-corrected chi connectivity index (χ2v) is 2.93. The summed E-state index contributed by atoms with van der Waals surface area (Å²) in [5.41, 5.74) is 5.22. The van der Waals surface area contributed by atoms with Gasteiger partial charge in [0.2, 0.25) is 0 Å². The second-order valence-electron chi connectivity index (χ2n) is 2.93. The van der Waals surface area contributed by atoms with E-state index in [4.69, 9.17) is 5.73 Å². The van der Waals surface area contributed by atoms with Crippen LogP contribution in [0.4, 0.5) is 13.2 Å². The summed E-state index contributed by atoms with van der Waals surface area (Å²) in [5.74, 6) is -4.08. The van der Waals surface area contributed by atoms with Gasteiger partial charge in [-0.25, -0.2) is 14.6 Å². The van der Waals surface area contributed by atoms with Gasteiger partial charge in [-0.15, -0.1) is 0 Å². The molecule has 94 valence electrons. The van der Waals surface area contributed by atoms with Crippen LogP contribution in [-0.2, 0) is 20.9 Å². The Bertz CT molecular complexity index is 403. The first-order chi connectivity index (χ1) is 7.80. The number of hydrogen-bond acceptors (Lipinski definition) is 6. The van der Waals surface area contributed by atoms with Crippen LogP contribution in [0.1, 0.15) is 0 Å². The fourth-order valence-electron chi connectivity index (χ4n) is 0.828. The van der Waals surface area contributed by atoms with Crippen molar-refractivity contribution in [3.63, 3.8) is 0 Å². The summed E-state index contributed by atoms with van der Waals surface area (Å²) in [6, 6.07) is -1.44. The minimum Gasteiger partial charge on any atom is -0.385 e. The summed E-state index contributed by atoms with van der Waals surface area (Å²) in [6.45, 7) is -0.246. The molecule has 0 aliphatic carbocycles. The van der Waals surface area contributed by atoms with Gasteiger partial charge in [0.25, 0.3) is 0 Å². The van der Waals surface area contributed by atoms with Crippen molar-refractivity contribution in [2.24, 2.45) is 5.73 Å². The average Bonchev–Trinajstić information content (AvgIpc) is 2.68. The van der Waals surface area contributed by atoms with Gasteiger partial charge in [0.15, 0.2) is 0 Å². The number of rotatable bonds is 3. The average molecular weight is 252 g/mol. The largest absolute Gasteiger partial charge is 0.491 e. The number of esters is 2. The lowest BCUT2D eigenvalue weighted by molar-refractivity contribution is -0.202. The molecule has 0 unspecified atom stereocenters. The van der Waals surface area contributed by atoms with Crippen LogP contribution in [-0.4, -0.2) is 38.9 Å². The zero-order chi connectivity index (χ0) is 13.1. The maximum absolute atomic E-state index is 11.8. The van der Waals surface area contributed by atoms with Crippen molar-refractivity contribution in [3.05, 3.63) is 12.7 Å². The molecular weight excluding hydrogens is 245 g/mol. The summed E-state index contributed by atoms with van der Waals surface area (Å²) in [7, 11) is 0. The molecular formula is C7H7F3N4O3. The topological polar surface area (TPSA) is 100 Å². The van der Waals surface area contributed by atoms with E-state index >= 15 is 0 Å². The van der Waals surface area contributed by atoms with Gasteiger partial charge in [-0.1, -0.05) is 0 Å². The lowest BCUT2D eigenvalue weighted by atomic mass is 10.3. The number of aromatic nitrogens is 3. The van der Waals surface area contributed by atoms with Gasteiger partial charge >= 0.3 is 18.1 Å². The Morgan fingerprint density at radius 3 is 2.59 bits per heavy atom. The van der Waals surface area contributed by atoms with Gasteiger partial charge < -0.3 is 10.5 Å². The van der Waals surface area contributed by atoms with Crippen LogP contribution < -0.4 is 5.73 Å². The Hall–Kier alpha value is -1.97. The smallest absolute Gasteiger partial charge is 0.385 e. The molecule has 1 heterocycles. The third kappa shape index (κ3) is 3.83. The monoisotopic (exact) mass is 252 g/mol. The fraction of sp³-hybridized carbons (Fsp3) is 0.429. The molecule has 1 atom stereocenters. The Labute approximate surface area is 92.4 Å². The van der Waals surface area contributed by atoms with E-state index < -0.39 is 24.2 Å². The van der Waals surface area contributed by atoms with E-state index in [-0.39, 0.29) is 6.54 Å². The summed E-state index contributed by atoms with van der Waals surface area (Å²) < 4.78 is 39.9. The Balaban J connectivity index is 2.51. The molecule has 0 aliphatic rings. The first-order valence-electron chi connectivity index (χ1n) is 4.21. The van der Waals surface area contributed by atoms with E-state index in [2.05, 4.69) is 14.8 Å². The zero-order valence-electron chi connectivity index (χ0n) is 8.22. The van der Waals surface area contributed by atoms with Crippen molar-refractivity contribution in [2.75, 3.05) is 0 Å². The molecule has 0 bridgehead atoms. The Kier molecular flexibility index (Phi) is 3.78. The molecule has 0 spiro atoms. The molecule has 0 amide bonds. The second kappa shape index (κ2) is 4.91. The highest BCUT2D eigenvalue weighted by molar-refractivity contribution is 5.90. The molecule has 0 saturated heterocycles. The van der Waals surface area contributed by atoms with Gasteiger partial charge in [0.05, 0.1) is 6.54 Å². The number of nitrogens with zero attached hydrogens (tertiary/aromatic N) is 3. The first kappa shape index (κ1) is 13.1. The third-order valence-electron chi connectivity index (χ3n) is 1.58. The van der Waals surface area contributed by atoms with Crippen molar-refractivity contribution in [3.8, 4) is 0 Å². The third-order valence-corrected chi connectivity index (χ3v) is 1.58. The summed E-state index contributed by atoms with van der Waals surface area (Å²) in [6.07, 6.45) is -2.87. The molecule has 10 heteroatoms. The van der Waals surface area contributed by atoms with Gasteiger partial charge in [-0.05, 0) is 0 Å². The summed E-state index contributed by atoms with van der Waals surface area (Å²) >= 11 is 0. The normalized spacial score (nSPS) is 13.2. The molecule has 17 heavy (non-hydrogen) atoms. The van der Waals surface area contributed by atoms with Crippen LogP contribution in [0, 0.1) is 0 Å². The Morgan fingerprint density at radius 1 is 1.47 bits per heavy atom. The van der Waals surface area contributed by atoms with Crippen molar-refractivity contribution in [1.29, 1.82) is 0 Å². The molecule has 0 saturated carbocycles. The minimum atomic E-state index is -5.23. The maximum Gasteiger partial charge on any atom is 0.491 e. The lowest BCUT2D eigenvalue weighted by Gasteiger charge is -2.10. The number of hydrogen-bond donors (Lipinski definition) is 1. The highest BCUT2D eigenvalue weighted by Gasteiger charge is 2.43. The molecule has 7 nitrogen and oxygen atoms in total. The molecule has 1 aromatic heterocycles. The van der Waals surface area contributed by atoms with Crippen LogP contribution in [0.25, 0.3) is 0 Å². The van der Waals surface area contributed by atoms with Crippen LogP contribution in [0.3, 0.4) is 0 Å². The van der Waals surface area contributed by atoms with E-state index in [1.165, 1.54) is 6.33 Å². The molecule has 1 rings (SSSR count). The number of alkyl halides is 3. The molecule has 0 fully saturated rings. The van der Waals surface area contributed by atoms with Crippen molar-refractivity contribution >= 4 is 11.9 Å². The van der Waals surface area contributed by atoms with E-state index in [9.17, 15) is 22.8 Å². The molecule has 0 aliphatic heterocycles. The number of carbonyl (C=O) groups is 2. The predicted molar refractivity (Wildman–Crippen MR) is 45.2 cm³/mol.